The first kappa shape index (κ1) is 24.5. The van der Waals surface area contributed by atoms with E-state index < -0.39 is 17.3 Å². The third-order valence-electron chi connectivity index (χ3n) is 5.88. The molecule has 1 saturated carbocycles. The second-order valence-electron chi connectivity index (χ2n) is 8.27. The molecule has 0 atom stereocenters. The van der Waals surface area contributed by atoms with Crippen LogP contribution in [0.1, 0.15) is 48.9 Å². The van der Waals surface area contributed by atoms with E-state index in [-0.39, 0.29) is 6.67 Å². The predicted octanol–water partition coefficient (Wildman–Crippen LogP) is 7.99. The molecule has 0 amide bonds. The Morgan fingerprint density at radius 3 is 2.21 bits per heavy atom. The van der Waals surface area contributed by atoms with Crippen LogP contribution in [0, 0.1) is 5.82 Å². The molecule has 34 heavy (non-hydrogen) atoms. The highest BCUT2D eigenvalue weighted by atomic mass is 35.5. The lowest BCUT2D eigenvalue weighted by atomic mass is 10.0. The number of hydrogen-bond donors (Lipinski definition) is 2. The Morgan fingerprint density at radius 2 is 1.59 bits per heavy atom. The van der Waals surface area contributed by atoms with Gasteiger partial charge in [-0.05, 0) is 53.9 Å². The lowest BCUT2D eigenvalue weighted by molar-refractivity contribution is 0.0177. The lowest BCUT2D eigenvalue weighted by Crippen LogP contribution is -2.32. The summed E-state index contributed by atoms with van der Waals surface area (Å²) in [5.74, 6) is -2.16. The SMILES string of the molecule is C1CCCCC1.O=C(O)c1cc(-c2cc3c(cc2Cl)N(c2ccccc2)CN(O)S3)ccc1F. The van der Waals surface area contributed by atoms with Gasteiger partial charge in [-0.2, -0.15) is 0 Å². The van der Waals surface area contributed by atoms with E-state index in [1.807, 2.05) is 35.2 Å². The van der Waals surface area contributed by atoms with Gasteiger partial charge in [0, 0.05) is 16.1 Å². The smallest absolute Gasteiger partial charge is 0.338 e. The molecule has 2 aliphatic rings. The highest BCUT2D eigenvalue weighted by molar-refractivity contribution is 7.97. The molecule has 3 aromatic carbocycles. The van der Waals surface area contributed by atoms with Gasteiger partial charge in [0.05, 0.1) is 16.3 Å². The van der Waals surface area contributed by atoms with E-state index >= 15 is 0 Å². The molecule has 0 aromatic heterocycles. The summed E-state index contributed by atoms with van der Waals surface area (Å²) in [6, 6.07) is 16.9. The summed E-state index contributed by atoms with van der Waals surface area (Å²) >= 11 is 7.64. The standard InChI is InChI=1S/C20H14ClFN2O3S.C6H12/c21-16-10-18-19(28-24(27)11-23(18)13-4-2-1-3-5-13)9-14(16)12-6-7-17(22)15(8-12)20(25)26;1-2-4-6-5-3-1/h1-10,27H,11H2,(H,25,26);1-6H2. The van der Waals surface area contributed by atoms with Gasteiger partial charge in [-0.3, -0.25) is 0 Å². The number of hydrogen-bond acceptors (Lipinski definition) is 5. The number of halogens is 2. The van der Waals surface area contributed by atoms with Crippen LogP contribution < -0.4 is 4.90 Å². The number of carbonyl (C=O) groups is 1. The molecular formula is C26H26ClFN2O3S. The zero-order valence-electron chi connectivity index (χ0n) is 18.6. The van der Waals surface area contributed by atoms with Crippen molar-refractivity contribution < 1.29 is 19.5 Å². The first-order chi connectivity index (χ1) is 16.4. The molecule has 3 aromatic rings. The Bertz CT molecular complexity index is 1150. The van der Waals surface area contributed by atoms with Crippen molar-refractivity contribution in [3.8, 4) is 11.1 Å². The van der Waals surface area contributed by atoms with Gasteiger partial charge in [-0.1, -0.05) is 74.4 Å². The number of nitrogens with zero attached hydrogens (tertiary/aromatic N) is 2. The van der Waals surface area contributed by atoms with Crippen LogP contribution in [-0.2, 0) is 0 Å². The Kier molecular flexibility index (Phi) is 8.11. The van der Waals surface area contributed by atoms with E-state index in [0.29, 0.717) is 16.1 Å². The maximum absolute atomic E-state index is 13.7. The van der Waals surface area contributed by atoms with Crippen molar-refractivity contribution in [2.45, 2.75) is 43.4 Å². The topological polar surface area (TPSA) is 64.0 Å². The fourth-order valence-corrected chi connectivity index (χ4v) is 5.23. The van der Waals surface area contributed by atoms with Crippen molar-refractivity contribution in [2.75, 3.05) is 11.6 Å². The van der Waals surface area contributed by atoms with Gasteiger partial charge >= 0.3 is 5.97 Å². The van der Waals surface area contributed by atoms with Crippen LogP contribution in [0.5, 0.6) is 0 Å². The summed E-state index contributed by atoms with van der Waals surface area (Å²) in [4.78, 5) is 13.9. The summed E-state index contributed by atoms with van der Waals surface area (Å²) in [5.41, 5.74) is 2.32. The van der Waals surface area contributed by atoms with Gasteiger partial charge in [0.1, 0.15) is 12.5 Å². The van der Waals surface area contributed by atoms with E-state index in [4.69, 9.17) is 11.6 Å². The summed E-state index contributed by atoms with van der Waals surface area (Å²) in [5, 5.41) is 19.7. The molecule has 5 nitrogen and oxygen atoms in total. The minimum Gasteiger partial charge on any atom is -0.478 e. The van der Waals surface area contributed by atoms with Gasteiger partial charge in [0.25, 0.3) is 0 Å². The fraction of sp³-hybridized carbons (Fsp3) is 0.269. The minimum absolute atomic E-state index is 0.247. The molecule has 178 valence electrons. The van der Waals surface area contributed by atoms with E-state index in [1.165, 1.54) is 50.7 Å². The van der Waals surface area contributed by atoms with Crippen molar-refractivity contribution in [2.24, 2.45) is 0 Å². The normalized spacial score (nSPS) is 15.8. The summed E-state index contributed by atoms with van der Waals surface area (Å²) in [7, 11) is 0. The molecule has 0 radical (unpaired) electrons. The third-order valence-corrected chi connectivity index (χ3v) is 7.04. The van der Waals surface area contributed by atoms with E-state index in [0.717, 1.165) is 38.8 Å². The Morgan fingerprint density at radius 1 is 0.941 bits per heavy atom. The zero-order chi connectivity index (χ0) is 24.1. The molecule has 2 N–H and O–H groups in total. The van der Waals surface area contributed by atoms with Gasteiger partial charge in [0.15, 0.2) is 0 Å². The number of benzene rings is 3. The van der Waals surface area contributed by atoms with Crippen LogP contribution in [0.3, 0.4) is 0 Å². The molecule has 1 fully saturated rings. The van der Waals surface area contributed by atoms with E-state index in [2.05, 4.69) is 0 Å². The largest absolute Gasteiger partial charge is 0.478 e. The molecule has 0 bridgehead atoms. The number of rotatable bonds is 3. The Labute approximate surface area is 207 Å². The first-order valence-corrected chi connectivity index (χ1v) is 12.4. The fourth-order valence-electron chi connectivity index (χ4n) is 4.13. The van der Waals surface area contributed by atoms with Crippen molar-refractivity contribution >= 4 is 40.9 Å². The van der Waals surface area contributed by atoms with Gasteiger partial charge < -0.3 is 15.2 Å². The number of fused-ring (bicyclic) bond motifs is 1. The average molecular weight is 501 g/mol. The van der Waals surface area contributed by atoms with Crippen molar-refractivity contribution in [1.82, 2.24) is 4.47 Å². The maximum atomic E-state index is 13.7. The minimum atomic E-state index is -1.35. The summed E-state index contributed by atoms with van der Waals surface area (Å²) < 4.78 is 14.8. The van der Waals surface area contributed by atoms with Crippen LogP contribution in [0.2, 0.25) is 5.02 Å². The second kappa shape index (κ2) is 11.2. The van der Waals surface area contributed by atoms with Crippen LogP contribution in [0.4, 0.5) is 15.8 Å². The number of carboxylic acids is 1. The van der Waals surface area contributed by atoms with Crippen LogP contribution in [0.15, 0.2) is 65.6 Å². The number of hydroxylamine groups is 1. The predicted molar refractivity (Wildman–Crippen MR) is 134 cm³/mol. The molecule has 8 heteroatoms. The molecule has 0 unspecified atom stereocenters. The monoisotopic (exact) mass is 500 g/mol. The Balaban J connectivity index is 0.000000398. The average Bonchev–Trinajstić information content (AvgIpc) is 2.86. The highest BCUT2D eigenvalue weighted by Gasteiger charge is 2.26. The zero-order valence-corrected chi connectivity index (χ0v) is 20.2. The number of para-hydroxylation sites is 1. The molecule has 1 heterocycles. The van der Waals surface area contributed by atoms with Gasteiger partial charge in [-0.15, -0.1) is 4.47 Å². The van der Waals surface area contributed by atoms with E-state index in [9.17, 15) is 19.5 Å². The van der Waals surface area contributed by atoms with Crippen LogP contribution >= 0.6 is 23.5 Å². The number of anilines is 2. The highest BCUT2D eigenvalue weighted by Crippen LogP contribution is 2.45. The van der Waals surface area contributed by atoms with Crippen molar-refractivity contribution in [3.63, 3.8) is 0 Å². The van der Waals surface area contributed by atoms with Crippen molar-refractivity contribution in [1.29, 1.82) is 0 Å². The first-order valence-electron chi connectivity index (χ1n) is 11.3. The van der Waals surface area contributed by atoms with Gasteiger partial charge in [0.2, 0.25) is 0 Å². The van der Waals surface area contributed by atoms with E-state index in [1.54, 1.807) is 12.1 Å². The molecule has 5 rings (SSSR count). The summed E-state index contributed by atoms with van der Waals surface area (Å²) in [6.45, 7) is 0.247. The molecule has 1 aliphatic heterocycles. The molecule has 1 aliphatic carbocycles. The second-order valence-corrected chi connectivity index (χ2v) is 9.72. The molecule has 0 saturated heterocycles. The van der Waals surface area contributed by atoms with Crippen LogP contribution in [0.25, 0.3) is 11.1 Å². The quantitative estimate of drug-likeness (QED) is 0.355. The lowest BCUT2D eigenvalue weighted by Gasteiger charge is -2.34. The molecular weight excluding hydrogens is 475 g/mol. The van der Waals surface area contributed by atoms with Gasteiger partial charge in [-0.25, -0.2) is 9.18 Å². The maximum Gasteiger partial charge on any atom is 0.338 e. The summed E-state index contributed by atoms with van der Waals surface area (Å²) in [6.07, 6.45) is 9.00. The number of aromatic carboxylic acids is 1. The third kappa shape index (κ3) is 5.73. The number of carboxylic acid groups (broad SMARTS) is 1. The van der Waals surface area contributed by atoms with Crippen molar-refractivity contribution in [3.05, 3.63) is 77.1 Å². The van der Waals surface area contributed by atoms with Crippen LogP contribution in [-0.4, -0.2) is 27.4 Å². The molecule has 0 spiro atoms. The Hall–Kier alpha value is -2.58.